The van der Waals surface area contributed by atoms with Crippen molar-refractivity contribution in [2.45, 2.75) is 6.04 Å². The summed E-state index contributed by atoms with van der Waals surface area (Å²) >= 11 is 0. The number of carboxylic acids is 1. The van der Waals surface area contributed by atoms with Crippen LogP contribution in [0.15, 0.2) is 48.5 Å². The molecule has 0 fully saturated rings. The second kappa shape index (κ2) is 5.54. The summed E-state index contributed by atoms with van der Waals surface area (Å²) in [5.74, 6) is -0.284. The Morgan fingerprint density at radius 2 is 1.79 bits per heavy atom. The minimum Gasteiger partial charge on any atom is -0.497 e. The van der Waals surface area contributed by atoms with Crippen molar-refractivity contribution in [1.29, 1.82) is 0 Å². The monoisotopic (exact) mass is 257 g/mol. The number of aliphatic carboxylic acids is 1. The van der Waals surface area contributed by atoms with Crippen LogP contribution in [0, 0.1) is 0 Å². The van der Waals surface area contributed by atoms with Crippen LogP contribution in [0.5, 0.6) is 5.75 Å². The molecule has 1 atom stereocenters. The van der Waals surface area contributed by atoms with Crippen molar-refractivity contribution in [2.75, 3.05) is 7.11 Å². The number of ether oxygens (including phenoxy) is 1. The van der Waals surface area contributed by atoms with Gasteiger partial charge >= 0.3 is 5.97 Å². The first-order valence-corrected chi connectivity index (χ1v) is 5.84. The maximum Gasteiger partial charge on any atom is 0.325 e. The molecule has 0 aliphatic rings. The summed E-state index contributed by atoms with van der Waals surface area (Å²) in [5.41, 5.74) is 8.06. The van der Waals surface area contributed by atoms with Crippen LogP contribution >= 0.6 is 0 Å². The Bertz CT molecular complexity index is 595. The van der Waals surface area contributed by atoms with Gasteiger partial charge in [0.2, 0.25) is 0 Å². The Labute approximate surface area is 111 Å². The van der Waals surface area contributed by atoms with Gasteiger partial charge in [0.25, 0.3) is 0 Å². The second-order valence-electron chi connectivity index (χ2n) is 4.17. The van der Waals surface area contributed by atoms with Gasteiger partial charge in [-0.15, -0.1) is 0 Å². The first-order valence-electron chi connectivity index (χ1n) is 5.84. The molecular formula is C15H15NO3. The predicted molar refractivity (Wildman–Crippen MR) is 73.0 cm³/mol. The SMILES string of the molecule is COc1cccc(-c2cccc([C@H](N)C(=O)O)c2)c1. The first-order chi connectivity index (χ1) is 9.11. The fourth-order valence-electron chi connectivity index (χ4n) is 1.86. The van der Waals surface area contributed by atoms with E-state index >= 15 is 0 Å². The summed E-state index contributed by atoms with van der Waals surface area (Å²) in [6.07, 6.45) is 0. The fraction of sp³-hybridized carbons (Fsp3) is 0.133. The lowest BCUT2D eigenvalue weighted by Crippen LogP contribution is -2.20. The van der Waals surface area contributed by atoms with E-state index in [9.17, 15) is 4.79 Å². The summed E-state index contributed by atoms with van der Waals surface area (Å²) in [6, 6.07) is 13.8. The molecule has 98 valence electrons. The minimum absolute atomic E-state index is 0.577. The lowest BCUT2D eigenvalue weighted by molar-refractivity contribution is -0.138. The van der Waals surface area contributed by atoms with Gasteiger partial charge in [0.05, 0.1) is 7.11 Å². The van der Waals surface area contributed by atoms with Crippen molar-refractivity contribution < 1.29 is 14.6 Å². The largest absolute Gasteiger partial charge is 0.497 e. The predicted octanol–water partition coefficient (Wildman–Crippen LogP) is 2.45. The Kier molecular flexibility index (Phi) is 3.82. The van der Waals surface area contributed by atoms with E-state index in [-0.39, 0.29) is 0 Å². The molecule has 2 aromatic carbocycles. The van der Waals surface area contributed by atoms with Crippen LogP contribution in [-0.4, -0.2) is 18.2 Å². The van der Waals surface area contributed by atoms with Gasteiger partial charge < -0.3 is 15.6 Å². The molecule has 0 heterocycles. The lowest BCUT2D eigenvalue weighted by atomic mass is 10.00. The Balaban J connectivity index is 2.40. The van der Waals surface area contributed by atoms with Gasteiger partial charge in [0.15, 0.2) is 0 Å². The Hall–Kier alpha value is -2.33. The van der Waals surface area contributed by atoms with Crippen LogP contribution in [-0.2, 0) is 4.79 Å². The smallest absolute Gasteiger partial charge is 0.325 e. The molecule has 0 unspecified atom stereocenters. The van der Waals surface area contributed by atoms with E-state index in [2.05, 4.69) is 0 Å². The average molecular weight is 257 g/mol. The summed E-state index contributed by atoms with van der Waals surface area (Å²) in [4.78, 5) is 10.9. The van der Waals surface area contributed by atoms with Gasteiger partial charge in [0.1, 0.15) is 11.8 Å². The topological polar surface area (TPSA) is 72.5 Å². The summed E-state index contributed by atoms with van der Waals surface area (Å²) in [7, 11) is 1.61. The normalized spacial score (nSPS) is 11.9. The molecule has 3 N–H and O–H groups in total. The van der Waals surface area contributed by atoms with Crippen molar-refractivity contribution in [2.24, 2.45) is 5.73 Å². The van der Waals surface area contributed by atoms with Crippen molar-refractivity contribution in [3.05, 3.63) is 54.1 Å². The van der Waals surface area contributed by atoms with E-state index in [0.29, 0.717) is 5.56 Å². The molecule has 0 aliphatic carbocycles. The summed E-state index contributed by atoms with van der Waals surface area (Å²) in [6.45, 7) is 0. The molecule has 19 heavy (non-hydrogen) atoms. The number of carboxylic acid groups (broad SMARTS) is 1. The second-order valence-corrected chi connectivity index (χ2v) is 4.17. The van der Waals surface area contributed by atoms with Gasteiger partial charge in [-0.25, -0.2) is 0 Å². The third-order valence-electron chi connectivity index (χ3n) is 2.91. The quantitative estimate of drug-likeness (QED) is 0.882. The molecule has 0 saturated carbocycles. The molecule has 4 nitrogen and oxygen atoms in total. The Morgan fingerprint density at radius 3 is 2.42 bits per heavy atom. The van der Waals surface area contributed by atoms with Crippen LogP contribution in [0.1, 0.15) is 11.6 Å². The highest BCUT2D eigenvalue weighted by atomic mass is 16.5. The van der Waals surface area contributed by atoms with Crippen molar-refractivity contribution in [3.63, 3.8) is 0 Å². The number of hydrogen-bond acceptors (Lipinski definition) is 3. The van der Waals surface area contributed by atoms with Gasteiger partial charge in [-0.3, -0.25) is 4.79 Å². The van der Waals surface area contributed by atoms with Crippen molar-refractivity contribution in [1.82, 2.24) is 0 Å². The zero-order valence-corrected chi connectivity index (χ0v) is 10.5. The molecule has 0 radical (unpaired) electrons. The Morgan fingerprint density at radius 1 is 1.16 bits per heavy atom. The van der Waals surface area contributed by atoms with E-state index in [1.54, 1.807) is 25.3 Å². The molecular weight excluding hydrogens is 242 g/mol. The summed E-state index contributed by atoms with van der Waals surface area (Å²) < 4.78 is 5.17. The maximum absolute atomic E-state index is 10.9. The third-order valence-corrected chi connectivity index (χ3v) is 2.91. The van der Waals surface area contributed by atoms with E-state index in [1.165, 1.54) is 0 Å². The number of carbonyl (C=O) groups is 1. The van der Waals surface area contributed by atoms with Crippen LogP contribution in [0.25, 0.3) is 11.1 Å². The fourth-order valence-corrected chi connectivity index (χ4v) is 1.86. The van der Waals surface area contributed by atoms with Crippen LogP contribution in [0.3, 0.4) is 0 Å². The van der Waals surface area contributed by atoms with E-state index in [4.69, 9.17) is 15.6 Å². The molecule has 0 aromatic heterocycles. The minimum atomic E-state index is -1.04. The van der Waals surface area contributed by atoms with Gasteiger partial charge in [-0.1, -0.05) is 30.3 Å². The molecule has 0 spiro atoms. The van der Waals surface area contributed by atoms with Crippen molar-refractivity contribution in [3.8, 4) is 16.9 Å². The number of nitrogens with two attached hydrogens (primary N) is 1. The highest BCUT2D eigenvalue weighted by Crippen LogP contribution is 2.25. The van der Waals surface area contributed by atoms with Crippen LogP contribution in [0.4, 0.5) is 0 Å². The molecule has 0 aliphatic heterocycles. The lowest BCUT2D eigenvalue weighted by Gasteiger charge is -2.10. The number of rotatable bonds is 4. The number of hydrogen-bond donors (Lipinski definition) is 2. The number of methoxy groups -OCH3 is 1. The van der Waals surface area contributed by atoms with Crippen LogP contribution in [0.2, 0.25) is 0 Å². The molecule has 2 rings (SSSR count). The van der Waals surface area contributed by atoms with E-state index in [0.717, 1.165) is 16.9 Å². The zero-order valence-electron chi connectivity index (χ0n) is 10.5. The van der Waals surface area contributed by atoms with Crippen molar-refractivity contribution >= 4 is 5.97 Å². The highest BCUT2D eigenvalue weighted by Gasteiger charge is 2.14. The molecule has 4 heteroatoms. The van der Waals surface area contributed by atoms with Gasteiger partial charge in [-0.2, -0.15) is 0 Å². The molecule has 2 aromatic rings. The molecule has 0 amide bonds. The summed E-state index contributed by atoms with van der Waals surface area (Å²) in [5, 5.41) is 8.93. The first kappa shape index (κ1) is 13.1. The average Bonchev–Trinajstić information content (AvgIpc) is 2.46. The maximum atomic E-state index is 10.9. The van der Waals surface area contributed by atoms with E-state index < -0.39 is 12.0 Å². The standard InChI is InChI=1S/C15H15NO3/c1-19-13-7-3-5-11(9-13)10-4-2-6-12(8-10)14(16)15(17)18/h2-9,14H,16H2,1H3,(H,17,18)/t14-/m0/s1. The highest BCUT2D eigenvalue weighted by molar-refractivity contribution is 5.76. The molecule has 0 saturated heterocycles. The van der Waals surface area contributed by atoms with E-state index in [1.807, 2.05) is 30.3 Å². The van der Waals surface area contributed by atoms with Gasteiger partial charge in [-0.05, 0) is 34.9 Å². The third kappa shape index (κ3) is 2.92. The number of benzene rings is 2. The zero-order chi connectivity index (χ0) is 13.8. The molecule has 0 bridgehead atoms. The van der Waals surface area contributed by atoms with Gasteiger partial charge in [0, 0.05) is 0 Å². The van der Waals surface area contributed by atoms with Crippen LogP contribution < -0.4 is 10.5 Å².